The number of benzene rings is 1. The average molecular weight is 314 g/mol. The molecule has 0 saturated carbocycles. The SMILES string of the molecule is CC(C)CN1C(=O)C(O)=C(c2ccc(Cl)cc2Cl)C1=O. The zero-order valence-electron chi connectivity index (χ0n) is 11.0. The largest absolute Gasteiger partial charge is 0.502 e. The van der Waals surface area contributed by atoms with Crippen molar-refractivity contribution < 1.29 is 14.7 Å². The van der Waals surface area contributed by atoms with Crippen molar-refractivity contribution in [2.75, 3.05) is 6.54 Å². The Balaban J connectivity index is 2.46. The van der Waals surface area contributed by atoms with Gasteiger partial charge in [-0.25, -0.2) is 0 Å². The van der Waals surface area contributed by atoms with E-state index in [0.717, 1.165) is 4.90 Å². The molecular weight excluding hydrogens is 301 g/mol. The van der Waals surface area contributed by atoms with E-state index in [1.807, 2.05) is 13.8 Å². The number of aliphatic hydroxyl groups is 1. The number of halogens is 2. The molecule has 106 valence electrons. The molecule has 0 unspecified atom stereocenters. The average Bonchev–Trinajstić information content (AvgIpc) is 2.55. The van der Waals surface area contributed by atoms with Crippen molar-refractivity contribution in [1.82, 2.24) is 4.90 Å². The number of hydrogen-bond acceptors (Lipinski definition) is 3. The van der Waals surface area contributed by atoms with Crippen LogP contribution in [0, 0.1) is 5.92 Å². The van der Waals surface area contributed by atoms with Gasteiger partial charge in [0.25, 0.3) is 11.8 Å². The maximum absolute atomic E-state index is 12.3. The van der Waals surface area contributed by atoms with E-state index in [-0.39, 0.29) is 23.1 Å². The maximum Gasteiger partial charge on any atom is 0.296 e. The first kappa shape index (κ1) is 14.9. The van der Waals surface area contributed by atoms with Gasteiger partial charge in [0.15, 0.2) is 5.76 Å². The second-order valence-corrected chi connectivity index (χ2v) is 5.81. The van der Waals surface area contributed by atoms with Crippen LogP contribution in [0.1, 0.15) is 19.4 Å². The van der Waals surface area contributed by atoms with Crippen LogP contribution in [0.5, 0.6) is 0 Å². The number of aliphatic hydroxyl groups excluding tert-OH is 1. The van der Waals surface area contributed by atoms with Crippen LogP contribution in [0.3, 0.4) is 0 Å². The van der Waals surface area contributed by atoms with Gasteiger partial charge in [-0.2, -0.15) is 0 Å². The lowest BCUT2D eigenvalue weighted by Crippen LogP contribution is -2.34. The summed E-state index contributed by atoms with van der Waals surface area (Å²) in [5, 5.41) is 10.6. The number of carbonyl (C=O) groups excluding carboxylic acids is 2. The van der Waals surface area contributed by atoms with Gasteiger partial charge >= 0.3 is 0 Å². The van der Waals surface area contributed by atoms with Crippen molar-refractivity contribution in [3.8, 4) is 0 Å². The molecule has 20 heavy (non-hydrogen) atoms. The van der Waals surface area contributed by atoms with Gasteiger partial charge in [-0.15, -0.1) is 0 Å². The summed E-state index contributed by atoms with van der Waals surface area (Å²) in [6.45, 7) is 4.01. The van der Waals surface area contributed by atoms with Crippen LogP contribution in [0.4, 0.5) is 0 Å². The number of carbonyl (C=O) groups is 2. The topological polar surface area (TPSA) is 57.6 Å². The fourth-order valence-corrected chi connectivity index (χ4v) is 2.53. The number of rotatable bonds is 3. The Morgan fingerprint density at radius 1 is 1.20 bits per heavy atom. The van der Waals surface area contributed by atoms with Gasteiger partial charge in [0.1, 0.15) is 0 Å². The molecule has 1 heterocycles. The first-order valence-corrected chi connectivity index (χ1v) is 6.83. The molecule has 0 atom stereocenters. The second kappa shape index (κ2) is 5.46. The van der Waals surface area contributed by atoms with E-state index in [9.17, 15) is 14.7 Å². The highest BCUT2D eigenvalue weighted by Gasteiger charge is 2.39. The molecule has 0 fully saturated rings. The molecule has 1 aromatic rings. The van der Waals surface area contributed by atoms with Gasteiger partial charge in [-0.3, -0.25) is 14.5 Å². The standard InChI is InChI=1S/C14H13Cl2NO3/c1-7(2)6-17-13(19)11(12(18)14(17)20)9-4-3-8(15)5-10(9)16/h3-5,7,18H,6H2,1-2H3. The summed E-state index contributed by atoms with van der Waals surface area (Å²) >= 11 is 11.8. The summed E-state index contributed by atoms with van der Waals surface area (Å²) in [5.41, 5.74) is 0.232. The van der Waals surface area contributed by atoms with Crippen LogP contribution in [-0.4, -0.2) is 28.4 Å². The van der Waals surface area contributed by atoms with Gasteiger partial charge in [0, 0.05) is 17.1 Å². The van der Waals surface area contributed by atoms with Gasteiger partial charge in [0.2, 0.25) is 0 Å². The van der Waals surface area contributed by atoms with Gasteiger partial charge in [-0.1, -0.05) is 43.1 Å². The van der Waals surface area contributed by atoms with Crippen LogP contribution in [0.25, 0.3) is 5.57 Å². The molecule has 1 aliphatic rings. The predicted molar refractivity (Wildman–Crippen MR) is 77.6 cm³/mol. The molecule has 1 N–H and O–H groups in total. The molecule has 0 radical (unpaired) electrons. The Kier molecular flexibility index (Phi) is 4.06. The van der Waals surface area contributed by atoms with Crippen LogP contribution >= 0.6 is 23.2 Å². The van der Waals surface area contributed by atoms with Crippen LogP contribution < -0.4 is 0 Å². The van der Waals surface area contributed by atoms with E-state index in [0.29, 0.717) is 10.6 Å². The van der Waals surface area contributed by atoms with Crippen LogP contribution in [-0.2, 0) is 9.59 Å². The van der Waals surface area contributed by atoms with E-state index in [2.05, 4.69) is 0 Å². The zero-order valence-corrected chi connectivity index (χ0v) is 12.5. The third-order valence-corrected chi connectivity index (χ3v) is 3.44. The number of hydrogen-bond donors (Lipinski definition) is 1. The van der Waals surface area contributed by atoms with Crippen LogP contribution in [0.2, 0.25) is 10.0 Å². The summed E-state index contributed by atoms with van der Waals surface area (Å²) in [5.74, 6) is -1.69. The Bertz CT molecular complexity index is 623. The van der Waals surface area contributed by atoms with Crippen LogP contribution in [0.15, 0.2) is 24.0 Å². The molecule has 0 spiro atoms. The lowest BCUT2D eigenvalue weighted by Gasteiger charge is -2.16. The van der Waals surface area contributed by atoms with Gasteiger partial charge in [0.05, 0.1) is 10.6 Å². The first-order chi connectivity index (χ1) is 9.32. The molecule has 0 bridgehead atoms. The molecule has 6 heteroatoms. The number of amides is 2. The van der Waals surface area contributed by atoms with E-state index in [1.54, 1.807) is 6.07 Å². The minimum absolute atomic E-state index is 0.0719. The Hall–Kier alpha value is -1.52. The molecule has 0 saturated heterocycles. The Morgan fingerprint density at radius 3 is 2.40 bits per heavy atom. The normalized spacial score (nSPS) is 15.8. The van der Waals surface area contributed by atoms with E-state index in [1.165, 1.54) is 12.1 Å². The Labute approximate surface area is 126 Å². The summed E-state index contributed by atoms with van der Waals surface area (Å²) < 4.78 is 0. The highest BCUT2D eigenvalue weighted by molar-refractivity contribution is 6.40. The van der Waals surface area contributed by atoms with Crippen molar-refractivity contribution in [3.05, 3.63) is 39.6 Å². The smallest absolute Gasteiger partial charge is 0.296 e. The highest BCUT2D eigenvalue weighted by Crippen LogP contribution is 2.34. The van der Waals surface area contributed by atoms with Gasteiger partial charge < -0.3 is 5.11 Å². The molecule has 0 aliphatic carbocycles. The van der Waals surface area contributed by atoms with E-state index in [4.69, 9.17) is 23.2 Å². The quantitative estimate of drug-likeness (QED) is 0.871. The number of nitrogens with zero attached hydrogens (tertiary/aromatic N) is 1. The summed E-state index contributed by atoms with van der Waals surface area (Å²) in [4.78, 5) is 25.3. The molecule has 2 amide bonds. The third-order valence-electron chi connectivity index (χ3n) is 2.89. The third kappa shape index (κ3) is 2.53. The second-order valence-electron chi connectivity index (χ2n) is 4.96. The van der Waals surface area contributed by atoms with Crippen molar-refractivity contribution in [2.45, 2.75) is 13.8 Å². The molecule has 0 aromatic heterocycles. The molecule has 2 rings (SSSR count). The lowest BCUT2D eigenvalue weighted by atomic mass is 10.1. The highest BCUT2D eigenvalue weighted by atomic mass is 35.5. The van der Waals surface area contributed by atoms with Gasteiger partial charge in [-0.05, 0) is 18.1 Å². The number of imide groups is 1. The minimum Gasteiger partial charge on any atom is -0.502 e. The fourth-order valence-electron chi connectivity index (χ4n) is 2.03. The summed E-state index contributed by atoms with van der Waals surface area (Å²) in [6, 6.07) is 4.52. The fraction of sp³-hybridized carbons (Fsp3) is 0.286. The molecule has 4 nitrogen and oxygen atoms in total. The first-order valence-electron chi connectivity index (χ1n) is 6.07. The lowest BCUT2D eigenvalue weighted by molar-refractivity contribution is -0.138. The van der Waals surface area contributed by atoms with E-state index >= 15 is 0 Å². The molecule has 1 aliphatic heterocycles. The van der Waals surface area contributed by atoms with Crippen molar-refractivity contribution in [2.24, 2.45) is 5.92 Å². The van der Waals surface area contributed by atoms with Crippen molar-refractivity contribution in [1.29, 1.82) is 0 Å². The Morgan fingerprint density at radius 2 is 1.85 bits per heavy atom. The van der Waals surface area contributed by atoms with Crippen molar-refractivity contribution in [3.63, 3.8) is 0 Å². The zero-order chi connectivity index (χ0) is 15.0. The summed E-state index contributed by atoms with van der Waals surface area (Å²) in [6.07, 6.45) is 0. The monoisotopic (exact) mass is 313 g/mol. The molecular formula is C14H13Cl2NO3. The van der Waals surface area contributed by atoms with E-state index < -0.39 is 17.6 Å². The molecule has 1 aromatic carbocycles. The predicted octanol–water partition coefficient (Wildman–Crippen LogP) is 3.29. The summed E-state index contributed by atoms with van der Waals surface area (Å²) in [7, 11) is 0. The van der Waals surface area contributed by atoms with Crippen molar-refractivity contribution >= 4 is 40.6 Å². The maximum atomic E-state index is 12.3. The minimum atomic E-state index is -0.690.